The van der Waals surface area contributed by atoms with Gasteiger partial charge in [0.1, 0.15) is 4.93 Å². The maximum atomic E-state index is 12.7. The largest absolute Gasteiger partial charge is 0.416 e. The number of ether oxygens (including phenoxy) is 1. The molecule has 0 aliphatic carbocycles. The maximum Gasteiger partial charge on any atom is 0.416 e. The molecule has 0 aromatic heterocycles. The number of nitrogens with one attached hydrogen (secondary N) is 1. The fraction of sp³-hybridized carbons (Fsp3) is 0.533. The number of alkyl halides is 3. The molecule has 1 aromatic rings. The number of hydrogen-bond acceptors (Lipinski definition) is 3. The average molecular weight is 346 g/mol. The monoisotopic (exact) mass is 346 g/mol. The number of carbonyl (C=O) groups is 1. The molecule has 1 aromatic carbocycles. The van der Waals surface area contributed by atoms with Crippen LogP contribution in [0.2, 0.25) is 0 Å². The van der Waals surface area contributed by atoms with E-state index in [9.17, 15) is 18.0 Å². The van der Waals surface area contributed by atoms with Crippen LogP contribution in [-0.4, -0.2) is 41.3 Å². The number of benzene rings is 1. The summed E-state index contributed by atoms with van der Waals surface area (Å²) in [5.41, 5.74) is -0.625. The highest BCUT2D eigenvalue weighted by atomic mass is 32.2. The summed E-state index contributed by atoms with van der Waals surface area (Å²) in [6.45, 7) is 1.82. The lowest BCUT2D eigenvalue weighted by molar-refractivity contribution is -0.137. The van der Waals surface area contributed by atoms with E-state index in [0.717, 1.165) is 37.3 Å². The summed E-state index contributed by atoms with van der Waals surface area (Å²) in [5.74, 6) is 0.969. The van der Waals surface area contributed by atoms with E-state index in [2.05, 4.69) is 5.32 Å². The molecule has 2 aliphatic rings. The Kier molecular flexibility index (Phi) is 4.46. The number of rotatable bonds is 1. The molecule has 4 nitrogen and oxygen atoms in total. The standard InChI is InChI=1S/C15H17F3N2O2S/c16-15(17,18)11-2-1-3-12(10-11)19-13(21)20-6-4-14(5-7-20)22-8-9-23-14/h1-3,10H,4-9H2,(H,19,21). The Balaban J connectivity index is 1.60. The third-order valence-electron chi connectivity index (χ3n) is 4.07. The molecule has 2 fully saturated rings. The van der Waals surface area contributed by atoms with Crippen LogP contribution in [0.15, 0.2) is 24.3 Å². The zero-order valence-corrected chi connectivity index (χ0v) is 13.2. The van der Waals surface area contributed by atoms with Gasteiger partial charge in [-0.25, -0.2) is 4.79 Å². The molecule has 1 N–H and O–H groups in total. The zero-order chi connectivity index (χ0) is 16.5. The normalized spacial score (nSPS) is 20.7. The van der Waals surface area contributed by atoms with Gasteiger partial charge in [-0.2, -0.15) is 13.2 Å². The Morgan fingerprint density at radius 1 is 1.30 bits per heavy atom. The lowest BCUT2D eigenvalue weighted by Crippen LogP contribution is -2.46. The molecule has 3 rings (SSSR count). The van der Waals surface area contributed by atoms with Crippen LogP contribution in [0.3, 0.4) is 0 Å². The Morgan fingerprint density at radius 2 is 2.04 bits per heavy atom. The van der Waals surface area contributed by atoms with E-state index in [1.807, 2.05) is 0 Å². The Hall–Kier alpha value is -1.41. The van der Waals surface area contributed by atoms with E-state index in [1.54, 1.807) is 16.7 Å². The molecule has 2 aliphatic heterocycles. The van der Waals surface area contributed by atoms with Crippen molar-refractivity contribution in [3.63, 3.8) is 0 Å². The Labute approximate surface area is 136 Å². The molecule has 8 heteroatoms. The molecule has 126 valence electrons. The smallest absolute Gasteiger partial charge is 0.363 e. The van der Waals surface area contributed by atoms with Crippen LogP contribution in [0, 0.1) is 0 Å². The quantitative estimate of drug-likeness (QED) is 0.841. The van der Waals surface area contributed by atoms with Gasteiger partial charge in [-0.3, -0.25) is 0 Å². The molecular formula is C15H17F3N2O2S. The van der Waals surface area contributed by atoms with Crippen molar-refractivity contribution >= 4 is 23.5 Å². The van der Waals surface area contributed by atoms with Crippen LogP contribution < -0.4 is 5.32 Å². The molecule has 0 saturated carbocycles. The number of likely N-dealkylation sites (tertiary alicyclic amines) is 1. The predicted octanol–water partition coefficient (Wildman–Crippen LogP) is 3.79. The highest BCUT2D eigenvalue weighted by Gasteiger charge is 2.40. The number of carbonyl (C=O) groups excluding carboxylic acids is 1. The fourth-order valence-corrected chi connectivity index (χ4v) is 3.99. The lowest BCUT2D eigenvalue weighted by Gasteiger charge is -2.37. The number of nitrogens with zero attached hydrogens (tertiary/aromatic N) is 1. The van der Waals surface area contributed by atoms with Gasteiger partial charge in [0.05, 0.1) is 12.2 Å². The van der Waals surface area contributed by atoms with Crippen molar-refractivity contribution in [2.24, 2.45) is 0 Å². The molecule has 0 unspecified atom stereocenters. The van der Waals surface area contributed by atoms with Gasteiger partial charge in [0, 0.05) is 37.4 Å². The maximum absolute atomic E-state index is 12.7. The van der Waals surface area contributed by atoms with Crippen LogP contribution in [0.1, 0.15) is 18.4 Å². The van der Waals surface area contributed by atoms with E-state index >= 15 is 0 Å². The Morgan fingerprint density at radius 3 is 2.65 bits per heavy atom. The number of thioether (sulfide) groups is 1. The van der Waals surface area contributed by atoms with Crippen molar-refractivity contribution in [2.45, 2.75) is 24.0 Å². The molecule has 2 heterocycles. The number of amides is 2. The number of hydrogen-bond donors (Lipinski definition) is 1. The minimum absolute atomic E-state index is 0.150. The van der Waals surface area contributed by atoms with Gasteiger partial charge in [0.25, 0.3) is 0 Å². The minimum Gasteiger partial charge on any atom is -0.363 e. The average Bonchev–Trinajstić information content (AvgIpc) is 2.95. The molecule has 2 saturated heterocycles. The fourth-order valence-electron chi connectivity index (χ4n) is 2.81. The highest BCUT2D eigenvalue weighted by molar-refractivity contribution is 8.00. The lowest BCUT2D eigenvalue weighted by atomic mass is 10.1. The van der Waals surface area contributed by atoms with Crippen LogP contribution in [0.25, 0.3) is 0 Å². The van der Waals surface area contributed by atoms with Gasteiger partial charge < -0.3 is 15.0 Å². The van der Waals surface area contributed by atoms with Gasteiger partial charge in [-0.1, -0.05) is 6.07 Å². The van der Waals surface area contributed by atoms with Crippen LogP contribution in [0.5, 0.6) is 0 Å². The summed E-state index contributed by atoms with van der Waals surface area (Å²) in [4.78, 5) is 13.7. The number of piperidine rings is 1. The molecule has 23 heavy (non-hydrogen) atoms. The summed E-state index contributed by atoms with van der Waals surface area (Å²) in [6.07, 6.45) is -2.93. The van der Waals surface area contributed by atoms with E-state index in [1.165, 1.54) is 12.1 Å². The predicted molar refractivity (Wildman–Crippen MR) is 82.4 cm³/mol. The topological polar surface area (TPSA) is 41.6 Å². The highest BCUT2D eigenvalue weighted by Crippen LogP contribution is 2.41. The summed E-state index contributed by atoms with van der Waals surface area (Å²) < 4.78 is 43.8. The number of anilines is 1. The molecule has 0 atom stereocenters. The van der Waals surface area contributed by atoms with Crippen LogP contribution in [0.4, 0.5) is 23.7 Å². The van der Waals surface area contributed by atoms with Crippen LogP contribution in [-0.2, 0) is 10.9 Å². The van der Waals surface area contributed by atoms with Crippen molar-refractivity contribution in [2.75, 3.05) is 30.8 Å². The first-order chi connectivity index (χ1) is 10.9. The van der Waals surface area contributed by atoms with Crippen molar-refractivity contribution in [3.8, 4) is 0 Å². The molecular weight excluding hydrogens is 329 g/mol. The third kappa shape index (κ3) is 3.74. The van der Waals surface area contributed by atoms with Gasteiger partial charge >= 0.3 is 12.2 Å². The number of urea groups is 1. The van der Waals surface area contributed by atoms with Crippen LogP contribution >= 0.6 is 11.8 Å². The molecule has 0 bridgehead atoms. The summed E-state index contributed by atoms with van der Waals surface area (Å²) in [6, 6.07) is 4.29. The molecule has 2 amide bonds. The second kappa shape index (κ2) is 6.24. The summed E-state index contributed by atoms with van der Waals surface area (Å²) >= 11 is 1.78. The molecule has 0 radical (unpaired) electrons. The van der Waals surface area contributed by atoms with Gasteiger partial charge in [0.2, 0.25) is 0 Å². The first-order valence-electron chi connectivity index (χ1n) is 7.39. The third-order valence-corrected chi connectivity index (χ3v) is 5.49. The van der Waals surface area contributed by atoms with Gasteiger partial charge in [-0.15, -0.1) is 11.8 Å². The Bertz CT molecular complexity index is 578. The second-order valence-corrected chi connectivity index (χ2v) is 7.04. The number of halogens is 3. The van der Waals surface area contributed by atoms with Crippen molar-refractivity contribution in [1.82, 2.24) is 4.90 Å². The minimum atomic E-state index is -4.42. The van der Waals surface area contributed by atoms with Gasteiger partial charge in [0.15, 0.2) is 0 Å². The van der Waals surface area contributed by atoms with Crippen molar-refractivity contribution in [3.05, 3.63) is 29.8 Å². The van der Waals surface area contributed by atoms with Crippen molar-refractivity contribution < 1.29 is 22.7 Å². The van der Waals surface area contributed by atoms with E-state index in [4.69, 9.17) is 4.74 Å². The zero-order valence-electron chi connectivity index (χ0n) is 12.4. The van der Waals surface area contributed by atoms with E-state index in [-0.39, 0.29) is 16.7 Å². The summed E-state index contributed by atoms with van der Waals surface area (Å²) in [5, 5.41) is 2.54. The SMILES string of the molecule is O=C(Nc1cccc(C(F)(F)F)c1)N1CCC2(CC1)OCCS2. The molecule has 1 spiro atoms. The second-order valence-electron chi connectivity index (χ2n) is 5.60. The van der Waals surface area contributed by atoms with Crippen molar-refractivity contribution in [1.29, 1.82) is 0 Å². The first kappa shape index (κ1) is 16.4. The van der Waals surface area contributed by atoms with Gasteiger partial charge in [-0.05, 0) is 18.2 Å². The van der Waals surface area contributed by atoms with E-state index < -0.39 is 11.7 Å². The summed E-state index contributed by atoms with van der Waals surface area (Å²) in [7, 11) is 0. The van der Waals surface area contributed by atoms with E-state index in [0.29, 0.717) is 13.1 Å². The first-order valence-corrected chi connectivity index (χ1v) is 8.38.